The SMILES string of the molecule is CNC(=O)CN1CCN(C(=O)c2nn(-c3ccccc3F)c(C)cc2=O)CC1. The van der Waals surface area contributed by atoms with Crippen LogP contribution in [0.4, 0.5) is 4.39 Å². The number of piperazine rings is 1. The highest BCUT2D eigenvalue weighted by Crippen LogP contribution is 2.14. The second kappa shape index (κ2) is 8.30. The quantitative estimate of drug-likeness (QED) is 0.809. The molecular formula is C19H22FN5O3. The lowest BCUT2D eigenvalue weighted by Crippen LogP contribution is -2.51. The molecule has 148 valence electrons. The molecule has 8 nitrogen and oxygen atoms in total. The van der Waals surface area contributed by atoms with E-state index in [4.69, 9.17) is 0 Å². The molecule has 1 aromatic heterocycles. The monoisotopic (exact) mass is 387 g/mol. The van der Waals surface area contributed by atoms with E-state index in [2.05, 4.69) is 10.4 Å². The summed E-state index contributed by atoms with van der Waals surface area (Å²) in [7, 11) is 1.58. The number of aryl methyl sites for hydroxylation is 1. The van der Waals surface area contributed by atoms with E-state index in [1.54, 1.807) is 26.1 Å². The van der Waals surface area contributed by atoms with E-state index in [1.165, 1.54) is 27.8 Å². The van der Waals surface area contributed by atoms with E-state index in [0.717, 1.165) is 0 Å². The Labute approximate surface area is 161 Å². The van der Waals surface area contributed by atoms with Gasteiger partial charge in [-0.2, -0.15) is 5.10 Å². The maximum absolute atomic E-state index is 14.1. The summed E-state index contributed by atoms with van der Waals surface area (Å²) in [4.78, 5) is 40.1. The van der Waals surface area contributed by atoms with Gasteiger partial charge in [-0.25, -0.2) is 9.07 Å². The molecule has 0 unspecified atom stereocenters. The summed E-state index contributed by atoms with van der Waals surface area (Å²) < 4.78 is 15.4. The molecule has 0 spiro atoms. The summed E-state index contributed by atoms with van der Waals surface area (Å²) in [6.07, 6.45) is 0. The summed E-state index contributed by atoms with van der Waals surface area (Å²) in [6.45, 7) is 3.70. The molecule has 1 aromatic carbocycles. The van der Waals surface area contributed by atoms with Gasteiger partial charge in [0.25, 0.3) is 5.91 Å². The van der Waals surface area contributed by atoms with Crippen LogP contribution in [0.2, 0.25) is 0 Å². The van der Waals surface area contributed by atoms with Gasteiger partial charge in [0.1, 0.15) is 11.5 Å². The van der Waals surface area contributed by atoms with Crippen molar-refractivity contribution in [2.24, 2.45) is 0 Å². The highest BCUT2D eigenvalue weighted by atomic mass is 19.1. The lowest BCUT2D eigenvalue weighted by atomic mass is 10.2. The van der Waals surface area contributed by atoms with E-state index in [9.17, 15) is 18.8 Å². The number of carbonyl (C=O) groups excluding carboxylic acids is 2. The number of hydrogen-bond acceptors (Lipinski definition) is 5. The molecule has 1 fully saturated rings. The van der Waals surface area contributed by atoms with Crippen molar-refractivity contribution in [2.45, 2.75) is 6.92 Å². The minimum Gasteiger partial charge on any atom is -0.358 e. The van der Waals surface area contributed by atoms with Crippen LogP contribution in [0.5, 0.6) is 0 Å². The van der Waals surface area contributed by atoms with Crippen molar-refractivity contribution in [2.75, 3.05) is 39.8 Å². The standard InChI is InChI=1S/C19H22FN5O3/c1-13-11-16(26)18(22-25(13)15-6-4-3-5-14(15)20)19(28)24-9-7-23(8-10-24)12-17(27)21-2/h3-6,11H,7-10,12H2,1-2H3,(H,21,27). The fourth-order valence-corrected chi connectivity index (χ4v) is 3.10. The molecule has 28 heavy (non-hydrogen) atoms. The number of carbonyl (C=O) groups is 2. The second-order valence-electron chi connectivity index (χ2n) is 6.60. The lowest BCUT2D eigenvalue weighted by Gasteiger charge is -2.33. The van der Waals surface area contributed by atoms with Gasteiger partial charge in [-0.05, 0) is 19.1 Å². The van der Waals surface area contributed by atoms with Gasteiger partial charge < -0.3 is 10.2 Å². The zero-order valence-corrected chi connectivity index (χ0v) is 15.8. The van der Waals surface area contributed by atoms with Crippen LogP contribution >= 0.6 is 0 Å². The molecule has 0 atom stereocenters. The number of nitrogens with zero attached hydrogens (tertiary/aromatic N) is 4. The van der Waals surface area contributed by atoms with E-state index < -0.39 is 17.2 Å². The first-order chi connectivity index (χ1) is 13.4. The van der Waals surface area contributed by atoms with Gasteiger partial charge in [0.2, 0.25) is 11.3 Å². The van der Waals surface area contributed by atoms with Crippen LogP contribution in [0.15, 0.2) is 35.1 Å². The smallest absolute Gasteiger partial charge is 0.278 e. The lowest BCUT2D eigenvalue weighted by molar-refractivity contribution is -0.122. The number of para-hydroxylation sites is 1. The maximum Gasteiger partial charge on any atom is 0.278 e. The predicted molar refractivity (Wildman–Crippen MR) is 101 cm³/mol. The molecule has 9 heteroatoms. The number of amides is 2. The number of benzene rings is 1. The van der Waals surface area contributed by atoms with Gasteiger partial charge in [0.05, 0.1) is 6.54 Å². The number of aromatic nitrogens is 2. The minimum absolute atomic E-state index is 0.0900. The first-order valence-corrected chi connectivity index (χ1v) is 8.99. The zero-order valence-electron chi connectivity index (χ0n) is 15.8. The van der Waals surface area contributed by atoms with E-state index >= 15 is 0 Å². The fourth-order valence-electron chi connectivity index (χ4n) is 3.10. The number of nitrogens with one attached hydrogen (secondary N) is 1. The molecule has 2 amide bonds. The highest BCUT2D eigenvalue weighted by Gasteiger charge is 2.26. The third kappa shape index (κ3) is 4.09. The normalized spacial score (nSPS) is 14.8. The first kappa shape index (κ1) is 19.7. The van der Waals surface area contributed by atoms with E-state index in [-0.39, 0.29) is 23.8 Å². The molecule has 2 aromatic rings. The van der Waals surface area contributed by atoms with Crippen LogP contribution in [-0.2, 0) is 4.79 Å². The predicted octanol–water partition coefficient (Wildman–Crippen LogP) is 0.184. The number of rotatable bonds is 4. The Morgan fingerprint density at radius 3 is 2.50 bits per heavy atom. The molecular weight excluding hydrogens is 365 g/mol. The molecule has 0 bridgehead atoms. The first-order valence-electron chi connectivity index (χ1n) is 8.99. The molecule has 3 rings (SSSR count). The van der Waals surface area contributed by atoms with Crippen molar-refractivity contribution in [1.82, 2.24) is 24.9 Å². The van der Waals surface area contributed by atoms with Gasteiger partial charge in [0, 0.05) is 45.0 Å². The Hall–Kier alpha value is -3.07. The third-order valence-corrected chi connectivity index (χ3v) is 4.70. The molecule has 1 saturated heterocycles. The van der Waals surface area contributed by atoms with Crippen LogP contribution in [0, 0.1) is 12.7 Å². The number of likely N-dealkylation sites (N-methyl/N-ethyl adjacent to an activating group) is 1. The second-order valence-corrected chi connectivity index (χ2v) is 6.60. The topological polar surface area (TPSA) is 87.5 Å². The van der Waals surface area contributed by atoms with Crippen LogP contribution < -0.4 is 10.7 Å². The molecule has 1 N–H and O–H groups in total. The Balaban J connectivity index is 1.81. The average molecular weight is 387 g/mol. The fraction of sp³-hybridized carbons (Fsp3) is 0.368. The summed E-state index contributed by atoms with van der Waals surface area (Å²) in [5.41, 5.74) is -0.136. The van der Waals surface area contributed by atoms with Crippen molar-refractivity contribution in [3.63, 3.8) is 0 Å². The van der Waals surface area contributed by atoms with Crippen molar-refractivity contribution >= 4 is 11.8 Å². The van der Waals surface area contributed by atoms with Gasteiger partial charge in [-0.15, -0.1) is 0 Å². The van der Waals surface area contributed by atoms with Gasteiger partial charge >= 0.3 is 0 Å². The molecule has 0 radical (unpaired) electrons. The maximum atomic E-state index is 14.1. The summed E-state index contributed by atoms with van der Waals surface area (Å²) in [5, 5.41) is 6.72. The van der Waals surface area contributed by atoms with Crippen molar-refractivity contribution in [1.29, 1.82) is 0 Å². The third-order valence-electron chi connectivity index (χ3n) is 4.70. The van der Waals surface area contributed by atoms with E-state index in [0.29, 0.717) is 31.9 Å². The van der Waals surface area contributed by atoms with Gasteiger partial charge in [-0.3, -0.25) is 19.3 Å². The van der Waals surface area contributed by atoms with Gasteiger partial charge in [0.15, 0.2) is 5.69 Å². The Morgan fingerprint density at radius 2 is 1.86 bits per heavy atom. The van der Waals surface area contributed by atoms with Crippen LogP contribution in [0.3, 0.4) is 0 Å². The summed E-state index contributed by atoms with van der Waals surface area (Å²) in [5.74, 6) is -1.08. The molecule has 0 aliphatic carbocycles. The van der Waals surface area contributed by atoms with Crippen molar-refractivity contribution < 1.29 is 14.0 Å². The average Bonchev–Trinajstić information content (AvgIpc) is 2.69. The highest BCUT2D eigenvalue weighted by molar-refractivity contribution is 5.92. The number of hydrogen-bond donors (Lipinski definition) is 1. The molecule has 0 saturated carbocycles. The largest absolute Gasteiger partial charge is 0.358 e. The molecule has 1 aliphatic heterocycles. The summed E-state index contributed by atoms with van der Waals surface area (Å²) >= 11 is 0. The summed E-state index contributed by atoms with van der Waals surface area (Å²) in [6, 6.07) is 7.33. The Kier molecular flexibility index (Phi) is 5.84. The van der Waals surface area contributed by atoms with Crippen LogP contribution in [-0.4, -0.2) is 71.2 Å². The zero-order chi connectivity index (χ0) is 20.3. The van der Waals surface area contributed by atoms with Gasteiger partial charge in [-0.1, -0.05) is 12.1 Å². The minimum atomic E-state index is -0.497. The van der Waals surface area contributed by atoms with E-state index in [1.807, 2.05) is 4.90 Å². The van der Waals surface area contributed by atoms with Crippen LogP contribution in [0.25, 0.3) is 5.69 Å². The number of halogens is 1. The Bertz CT molecular complexity index is 951. The molecule has 2 heterocycles. The van der Waals surface area contributed by atoms with Crippen LogP contribution in [0.1, 0.15) is 16.2 Å². The van der Waals surface area contributed by atoms with Crippen molar-refractivity contribution in [3.8, 4) is 5.69 Å². The molecule has 1 aliphatic rings. The Morgan fingerprint density at radius 1 is 1.18 bits per heavy atom. The van der Waals surface area contributed by atoms with Crippen molar-refractivity contribution in [3.05, 3.63) is 57.8 Å².